The number of carbonyl (C=O) groups excluding carboxylic acids is 2. The molecule has 0 bridgehead atoms. The van der Waals surface area contributed by atoms with Crippen LogP contribution in [0.5, 0.6) is 0 Å². The third-order valence-electron chi connectivity index (χ3n) is 2.51. The molecule has 0 radical (unpaired) electrons. The van der Waals surface area contributed by atoms with Crippen molar-refractivity contribution in [2.75, 3.05) is 12.3 Å². The van der Waals surface area contributed by atoms with Crippen LogP contribution in [0.2, 0.25) is 0 Å². The highest BCUT2D eigenvalue weighted by Crippen LogP contribution is 1.97. The molecule has 4 N–H and O–H groups in total. The Morgan fingerprint density at radius 3 is 2.68 bits per heavy atom. The monoisotopic (exact) mass is 263 g/mol. The third-order valence-corrected chi connectivity index (χ3v) is 2.51. The maximum absolute atomic E-state index is 11.6. The molecule has 0 atom stereocenters. The summed E-state index contributed by atoms with van der Waals surface area (Å²) >= 11 is 0. The lowest BCUT2D eigenvalue weighted by atomic mass is 9.73. The van der Waals surface area contributed by atoms with Gasteiger partial charge >= 0.3 is 13.1 Å². The summed E-state index contributed by atoms with van der Waals surface area (Å²) in [6.07, 6.45) is 1.89. The molecule has 0 aliphatic carbocycles. The number of anilines is 1. The van der Waals surface area contributed by atoms with Crippen molar-refractivity contribution in [2.24, 2.45) is 0 Å². The van der Waals surface area contributed by atoms with Crippen molar-refractivity contribution in [3.05, 3.63) is 24.3 Å². The fraction of sp³-hybridized carbons (Fsp3) is 0.333. The molecule has 1 aromatic rings. The molecule has 1 rings (SSSR count). The number of hydrogen-bond donors (Lipinski definition) is 3. The summed E-state index contributed by atoms with van der Waals surface area (Å²) in [5.74, 6) is 0. The van der Waals surface area contributed by atoms with Gasteiger partial charge in [-0.1, -0.05) is 25.5 Å². The summed E-state index contributed by atoms with van der Waals surface area (Å²) < 4.78 is 4.85. The van der Waals surface area contributed by atoms with Crippen molar-refractivity contribution in [2.45, 2.75) is 19.8 Å². The molecule has 0 saturated carbocycles. The van der Waals surface area contributed by atoms with E-state index >= 15 is 0 Å². The average Bonchev–Trinajstić information content (AvgIpc) is 2.39. The number of carbonyl (C=O) groups is 2. The second-order valence-electron chi connectivity index (χ2n) is 4.03. The number of benzene rings is 1. The second kappa shape index (κ2) is 8.02. The molecule has 0 saturated heterocycles. The first kappa shape index (κ1) is 14.9. The summed E-state index contributed by atoms with van der Waals surface area (Å²) in [5.41, 5.74) is 6.82. The zero-order valence-electron chi connectivity index (χ0n) is 10.9. The van der Waals surface area contributed by atoms with Gasteiger partial charge in [0, 0.05) is 12.2 Å². The third kappa shape index (κ3) is 5.33. The Morgan fingerprint density at radius 1 is 1.42 bits per heavy atom. The van der Waals surface area contributed by atoms with Crippen LogP contribution in [0.25, 0.3) is 0 Å². The minimum absolute atomic E-state index is 0.299. The summed E-state index contributed by atoms with van der Waals surface area (Å²) in [5, 5.41) is 5.25. The van der Waals surface area contributed by atoms with E-state index in [1.165, 1.54) is 0 Å². The van der Waals surface area contributed by atoms with Gasteiger partial charge in [-0.2, -0.15) is 0 Å². The Hall–Kier alpha value is -2.18. The highest BCUT2D eigenvalue weighted by molar-refractivity contribution is 6.68. The number of amides is 2. The molecular formula is C12H18BN3O3. The standard InChI is InChI=1S/C12H18BN3O3/c1-2-3-8-15-12(18)16-13(19-9-17)10-4-6-11(14)7-5-10/h4-7,9H,2-3,8,14H2,1H3,(H2,15,16,18). The number of hydrogen-bond acceptors (Lipinski definition) is 4. The van der Waals surface area contributed by atoms with Crippen molar-refractivity contribution in [1.29, 1.82) is 0 Å². The zero-order valence-corrected chi connectivity index (χ0v) is 10.9. The summed E-state index contributed by atoms with van der Waals surface area (Å²) in [4.78, 5) is 22.1. The quantitative estimate of drug-likeness (QED) is 0.284. The average molecular weight is 263 g/mol. The van der Waals surface area contributed by atoms with Gasteiger partial charge < -0.3 is 20.9 Å². The first-order valence-electron chi connectivity index (χ1n) is 6.16. The van der Waals surface area contributed by atoms with Gasteiger partial charge in [0.05, 0.1) is 0 Å². The topological polar surface area (TPSA) is 93.5 Å². The van der Waals surface area contributed by atoms with Gasteiger partial charge in [0.25, 0.3) is 6.47 Å². The fourth-order valence-electron chi connectivity index (χ4n) is 1.47. The van der Waals surface area contributed by atoms with Crippen LogP contribution in [0, 0.1) is 0 Å². The molecule has 1 aromatic carbocycles. The molecule has 0 heterocycles. The van der Waals surface area contributed by atoms with Crippen LogP contribution in [0.1, 0.15) is 19.8 Å². The van der Waals surface area contributed by atoms with E-state index in [-0.39, 0.29) is 6.03 Å². The van der Waals surface area contributed by atoms with Crippen molar-refractivity contribution >= 4 is 30.7 Å². The van der Waals surface area contributed by atoms with Gasteiger partial charge in [0.2, 0.25) is 0 Å². The highest BCUT2D eigenvalue weighted by atomic mass is 16.5. The van der Waals surface area contributed by atoms with E-state index in [4.69, 9.17) is 10.4 Å². The molecule has 102 valence electrons. The Labute approximate surface area is 112 Å². The summed E-state index contributed by atoms with van der Waals surface area (Å²) in [6.45, 7) is 2.91. The number of nitrogens with one attached hydrogen (secondary N) is 2. The van der Waals surface area contributed by atoms with E-state index in [1.54, 1.807) is 24.3 Å². The molecule has 0 spiro atoms. The van der Waals surface area contributed by atoms with Gasteiger partial charge in [-0.05, 0) is 24.0 Å². The SMILES string of the molecule is CCCCNC(=O)NB(OC=O)c1ccc(N)cc1. The van der Waals surface area contributed by atoms with Crippen LogP contribution in [-0.4, -0.2) is 26.1 Å². The lowest BCUT2D eigenvalue weighted by molar-refractivity contribution is -0.121. The van der Waals surface area contributed by atoms with Crippen molar-refractivity contribution in [1.82, 2.24) is 10.5 Å². The predicted molar refractivity (Wildman–Crippen MR) is 74.8 cm³/mol. The van der Waals surface area contributed by atoms with Gasteiger partial charge in [0.15, 0.2) is 0 Å². The minimum Gasteiger partial charge on any atom is -0.513 e. The van der Waals surface area contributed by atoms with Crippen LogP contribution in [0.15, 0.2) is 24.3 Å². The van der Waals surface area contributed by atoms with Gasteiger partial charge in [-0.25, -0.2) is 0 Å². The number of urea groups is 1. The smallest absolute Gasteiger partial charge is 0.513 e. The van der Waals surface area contributed by atoms with E-state index in [1.807, 2.05) is 6.92 Å². The van der Waals surface area contributed by atoms with E-state index in [0.717, 1.165) is 12.8 Å². The second-order valence-corrected chi connectivity index (χ2v) is 4.03. The number of rotatable bonds is 7. The van der Waals surface area contributed by atoms with Crippen LogP contribution in [-0.2, 0) is 9.45 Å². The first-order chi connectivity index (χ1) is 9.17. The molecular weight excluding hydrogens is 245 g/mol. The molecule has 7 heteroatoms. The molecule has 2 amide bonds. The number of unbranched alkanes of at least 4 members (excludes halogenated alkanes) is 1. The van der Waals surface area contributed by atoms with Crippen LogP contribution in [0.4, 0.5) is 10.5 Å². The highest BCUT2D eigenvalue weighted by Gasteiger charge is 2.23. The molecule has 0 unspecified atom stereocenters. The lowest BCUT2D eigenvalue weighted by Crippen LogP contribution is -2.53. The van der Waals surface area contributed by atoms with E-state index < -0.39 is 7.05 Å². The Morgan fingerprint density at radius 2 is 2.11 bits per heavy atom. The molecule has 19 heavy (non-hydrogen) atoms. The van der Waals surface area contributed by atoms with E-state index in [2.05, 4.69) is 10.5 Å². The molecule has 6 nitrogen and oxygen atoms in total. The largest absolute Gasteiger partial charge is 0.522 e. The van der Waals surface area contributed by atoms with Crippen molar-refractivity contribution in [3.8, 4) is 0 Å². The zero-order chi connectivity index (χ0) is 14.1. The normalized spacial score (nSPS) is 9.53. The van der Waals surface area contributed by atoms with Crippen LogP contribution < -0.4 is 21.7 Å². The van der Waals surface area contributed by atoms with Gasteiger partial charge in [0.1, 0.15) is 0 Å². The molecule has 0 fully saturated rings. The molecule has 0 aromatic heterocycles. The maximum atomic E-state index is 11.6. The predicted octanol–water partition coefficient (Wildman–Crippen LogP) is 0.236. The van der Waals surface area contributed by atoms with Crippen LogP contribution in [0.3, 0.4) is 0 Å². The number of nitrogen functional groups attached to an aromatic ring is 1. The van der Waals surface area contributed by atoms with Gasteiger partial charge in [-0.3, -0.25) is 9.59 Å². The minimum atomic E-state index is -0.820. The Balaban J connectivity index is 2.59. The Kier molecular flexibility index (Phi) is 6.28. The Bertz CT molecular complexity index is 411. The number of nitrogens with two attached hydrogens (primary N) is 1. The van der Waals surface area contributed by atoms with Crippen LogP contribution >= 0.6 is 0 Å². The van der Waals surface area contributed by atoms with Crippen molar-refractivity contribution < 1.29 is 14.2 Å². The fourth-order valence-corrected chi connectivity index (χ4v) is 1.47. The summed E-state index contributed by atoms with van der Waals surface area (Å²) in [6, 6.07) is 6.35. The molecule has 0 aliphatic rings. The lowest BCUT2D eigenvalue weighted by Gasteiger charge is -2.13. The van der Waals surface area contributed by atoms with Gasteiger partial charge in [-0.15, -0.1) is 0 Å². The van der Waals surface area contributed by atoms with E-state index in [9.17, 15) is 9.59 Å². The molecule has 0 aliphatic heterocycles. The van der Waals surface area contributed by atoms with Crippen molar-refractivity contribution in [3.63, 3.8) is 0 Å². The first-order valence-corrected chi connectivity index (χ1v) is 6.16. The summed E-state index contributed by atoms with van der Waals surface area (Å²) in [7, 11) is -0.820. The van der Waals surface area contributed by atoms with E-state index in [0.29, 0.717) is 24.2 Å². The maximum Gasteiger partial charge on any atom is 0.522 e.